The molecule has 0 bridgehead atoms. The number of benzene rings is 2. The van der Waals surface area contributed by atoms with Gasteiger partial charge in [-0.15, -0.1) is 0 Å². The Morgan fingerprint density at radius 3 is 2.76 bits per heavy atom. The highest BCUT2D eigenvalue weighted by atomic mass is 16.5. The molecule has 0 radical (unpaired) electrons. The van der Waals surface area contributed by atoms with E-state index in [0.29, 0.717) is 18.0 Å². The van der Waals surface area contributed by atoms with Gasteiger partial charge in [-0.05, 0) is 30.7 Å². The first-order valence-electron chi connectivity index (χ1n) is 7.94. The summed E-state index contributed by atoms with van der Waals surface area (Å²) in [4.78, 5) is 12.2. The summed E-state index contributed by atoms with van der Waals surface area (Å²) in [7, 11) is 0. The van der Waals surface area contributed by atoms with Gasteiger partial charge in [0.1, 0.15) is 11.4 Å². The second kappa shape index (κ2) is 7.92. The summed E-state index contributed by atoms with van der Waals surface area (Å²) in [5.41, 5.74) is 5.17. The Balaban J connectivity index is 1.71. The zero-order valence-electron chi connectivity index (χ0n) is 13.8. The molecule has 2 N–H and O–H groups in total. The molecule has 1 aromatic heterocycles. The Morgan fingerprint density at radius 2 is 1.96 bits per heavy atom. The Bertz CT molecular complexity index is 872. The lowest BCUT2D eigenvalue weighted by molar-refractivity contribution is 0.0950. The van der Waals surface area contributed by atoms with Gasteiger partial charge in [0.15, 0.2) is 0 Å². The van der Waals surface area contributed by atoms with Gasteiger partial charge in [0.05, 0.1) is 18.5 Å². The molecule has 6 heteroatoms. The van der Waals surface area contributed by atoms with Gasteiger partial charge in [-0.3, -0.25) is 9.89 Å². The molecule has 0 saturated heterocycles. The normalized spacial score (nSPS) is 10.8. The number of rotatable bonds is 6. The maximum atomic E-state index is 12.2. The van der Waals surface area contributed by atoms with E-state index in [1.54, 1.807) is 12.3 Å². The second-order valence-corrected chi connectivity index (χ2v) is 5.21. The van der Waals surface area contributed by atoms with Crippen molar-refractivity contribution in [2.45, 2.75) is 6.92 Å². The zero-order chi connectivity index (χ0) is 17.5. The lowest BCUT2D eigenvalue weighted by atomic mass is 10.1. The molecule has 1 heterocycles. The van der Waals surface area contributed by atoms with E-state index in [0.717, 1.165) is 16.9 Å². The number of hydrogen-bond donors (Lipinski definition) is 2. The van der Waals surface area contributed by atoms with Crippen molar-refractivity contribution in [3.8, 4) is 17.0 Å². The lowest BCUT2D eigenvalue weighted by Crippen LogP contribution is -2.17. The number of hydrazone groups is 1. The fourth-order valence-electron chi connectivity index (χ4n) is 2.30. The van der Waals surface area contributed by atoms with E-state index in [1.165, 1.54) is 0 Å². The fraction of sp³-hybridized carbons (Fsp3) is 0.105. The minimum absolute atomic E-state index is 0.325. The van der Waals surface area contributed by atoms with Crippen LogP contribution in [0.25, 0.3) is 11.3 Å². The van der Waals surface area contributed by atoms with Gasteiger partial charge in [0.2, 0.25) is 0 Å². The van der Waals surface area contributed by atoms with Crippen molar-refractivity contribution >= 4 is 12.1 Å². The maximum Gasteiger partial charge on any atom is 0.289 e. The van der Waals surface area contributed by atoms with E-state index in [2.05, 4.69) is 20.7 Å². The monoisotopic (exact) mass is 334 g/mol. The van der Waals surface area contributed by atoms with E-state index >= 15 is 0 Å². The molecule has 0 atom stereocenters. The van der Waals surface area contributed by atoms with E-state index in [-0.39, 0.29) is 5.91 Å². The molecule has 0 aliphatic carbocycles. The van der Waals surface area contributed by atoms with Crippen LogP contribution >= 0.6 is 0 Å². The molecule has 0 unspecified atom stereocenters. The van der Waals surface area contributed by atoms with Crippen LogP contribution < -0.4 is 10.2 Å². The van der Waals surface area contributed by atoms with Crippen molar-refractivity contribution in [1.82, 2.24) is 15.6 Å². The molecule has 0 fully saturated rings. The highest BCUT2D eigenvalue weighted by Gasteiger charge is 2.13. The largest absolute Gasteiger partial charge is 0.493 e. The van der Waals surface area contributed by atoms with Gasteiger partial charge in [-0.25, -0.2) is 5.43 Å². The summed E-state index contributed by atoms with van der Waals surface area (Å²) in [5.74, 6) is 0.366. The summed E-state index contributed by atoms with van der Waals surface area (Å²) < 4.78 is 5.60. The SMILES string of the molecule is CCOc1ccccc1-c1cc(C(=O)N/N=C\c2ccccc2)[nH]n1. The van der Waals surface area contributed by atoms with E-state index < -0.39 is 0 Å². The third kappa shape index (κ3) is 4.11. The second-order valence-electron chi connectivity index (χ2n) is 5.21. The topological polar surface area (TPSA) is 79.4 Å². The highest BCUT2D eigenvalue weighted by molar-refractivity contribution is 5.94. The predicted molar refractivity (Wildman–Crippen MR) is 96.7 cm³/mol. The first-order chi connectivity index (χ1) is 12.3. The summed E-state index contributed by atoms with van der Waals surface area (Å²) in [6.07, 6.45) is 1.58. The maximum absolute atomic E-state index is 12.2. The number of aromatic amines is 1. The van der Waals surface area contributed by atoms with Crippen molar-refractivity contribution < 1.29 is 9.53 Å². The summed E-state index contributed by atoms with van der Waals surface area (Å²) in [6, 6.07) is 18.8. The van der Waals surface area contributed by atoms with Crippen LogP contribution in [0.15, 0.2) is 65.8 Å². The summed E-state index contributed by atoms with van der Waals surface area (Å²) >= 11 is 0. The Morgan fingerprint density at radius 1 is 1.20 bits per heavy atom. The lowest BCUT2D eigenvalue weighted by Gasteiger charge is -2.07. The molecular weight excluding hydrogens is 316 g/mol. The van der Waals surface area contributed by atoms with Crippen LogP contribution in [-0.2, 0) is 0 Å². The van der Waals surface area contributed by atoms with Crippen LogP contribution in [0, 0.1) is 0 Å². The van der Waals surface area contributed by atoms with Gasteiger partial charge in [0, 0.05) is 5.56 Å². The first kappa shape index (κ1) is 16.4. The fourth-order valence-corrected chi connectivity index (χ4v) is 2.30. The number of H-pyrrole nitrogens is 1. The minimum atomic E-state index is -0.361. The van der Waals surface area contributed by atoms with Crippen LogP contribution in [0.1, 0.15) is 23.0 Å². The third-order valence-electron chi connectivity index (χ3n) is 3.46. The van der Waals surface area contributed by atoms with Crippen LogP contribution in [0.4, 0.5) is 0 Å². The molecule has 3 rings (SSSR count). The zero-order valence-corrected chi connectivity index (χ0v) is 13.8. The van der Waals surface area contributed by atoms with Gasteiger partial charge >= 0.3 is 0 Å². The summed E-state index contributed by atoms with van der Waals surface area (Å²) in [5, 5.41) is 10.9. The number of amides is 1. The first-order valence-corrected chi connectivity index (χ1v) is 7.94. The number of ether oxygens (including phenoxy) is 1. The molecule has 0 aliphatic heterocycles. The average molecular weight is 334 g/mol. The minimum Gasteiger partial charge on any atom is -0.493 e. The number of hydrogen-bond acceptors (Lipinski definition) is 4. The van der Waals surface area contributed by atoms with Crippen molar-refractivity contribution in [1.29, 1.82) is 0 Å². The van der Waals surface area contributed by atoms with E-state index in [9.17, 15) is 4.79 Å². The van der Waals surface area contributed by atoms with Gasteiger partial charge in [-0.1, -0.05) is 42.5 Å². The third-order valence-corrected chi connectivity index (χ3v) is 3.46. The molecule has 0 spiro atoms. The van der Waals surface area contributed by atoms with Gasteiger partial charge < -0.3 is 4.74 Å². The van der Waals surface area contributed by atoms with E-state index in [1.807, 2.05) is 61.5 Å². The molecule has 0 aliphatic rings. The van der Waals surface area contributed by atoms with E-state index in [4.69, 9.17) is 4.74 Å². The molecule has 0 saturated carbocycles. The predicted octanol–water partition coefficient (Wildman–Crippen LogP) is 3.24. The summed E-state index contributed by atoms with van der Waals surface area (Å²) in [6.45, 7) is 2.48. The molecular formula is C19H18N4O2. The Labute approximate surface area is 145 Å². The molecule has 3 aromatic rings. The van der Waals surface area contributed by atoms with Crippen molar-refractivity contribution in [2.24, 2.45) is 5.10 Å². The molecule has 1 amide bonds. The van der Waals surface area contributed by atoms with Gasteiger partial charge in [-0.2, -0.15) is 10.2 Å². The number of nitrogens with one attached hydrogen (secondary N) is 2. The van der Waals surface area contributed by atoms with Crippen LogP contribution in [0.5, 0.6) is 5.75 Å². The smallest absolute Gasteiger partial charge is 0.289 e. The van der Waals surface area contributed by atoms with Crippen molar-refractivity contribution in [3.05, 3.63) is 71.9 Å². The number of para-hydroxylation sites is 1. The quantitative estimate of drug-likeness (QED) is 0.536. The molecule has 25 heavy (non-hydrogen) atoms. The van der Waals surface area contributed by atoms with Crippen molar-refractivity contribution in [2.75, 3.05) is 6.61 Å². The number of carbonyl (C=O) groups excluding carboxylic acids is 1. The van der Waals surface area contributed by atoms with Gasteiger partial charge in [0.25, 0.3) is 5.91 Å². The Kier molecular flexibility index (Phi) is 5.21. The molecule has 126 valence electrons. The number of nitrogens with zero attached hydrogens (tertiary/aromatic N) is 2. The van der Waals surface area contributed by atoms with Crippen LogP contribution in [0.2, 0.25) is 0 Å². The van der Waals surface area contributed by atoms with Crippen LogP contribution in [-0.4, -0.2) is 28.9 Å². The Hall–Kier alpha value is -3.41. The average Bonchev–Trinajstić information content (AvgIpc) is 3.13. The molecule has 2 aromatic carbocycles. The number of aromatic nitrogens is 2. The standard InChI is InChI=1S/C19H18N4O2/c1-2-25-18-11-7-6-10-15(18)16-12-17(22-21-16)19(24)23-20-13-14-8-4-3-5-9-14/h3-13H,2H2,1H3,(H,21,22)(H,23,24)/b20-13-. The number of carbonyl (C=O) groups is 1. The molecule has 6 nitrogen and oxygen atoms in total. The van der Waals surface area contributed by atoms with Crippen molar-refractivity contribution in [3.63, 3.8) is 0 Å². The van der Waals surface area contributed by atoms with Crippen LogP contribution in [0.3, 0.4) is 0 Å². The highest BCUT2D eigenvalue weighted by Crippen LogP contribution is 2.28.